The highest BCUT2D eigenvalue weighted by Gasteiger charge is 2.15. The van der Waals surface area contributed by atoms with Gasteiger partial charge in [0.1, 0.15) is 0 Å². The molecule has 1 aliphatic rings. The number of aryl methyl sites for hydroxylation is 1. The van der Waals surface area contributed by atoms with Crippen LogP contribution in [-0.4, -0.2) is 17.3 Å². The summed E-state index contributed by atoms with van der Waals surface area (Å²) in [7, 11) is 0. The Balaban J connectivity index is 1.44. The molecule has 0 saturated carbocycles. The third kappa shape index (κ3) is 4.11. The number of nitrogens with zero attached hydrogens (tertiary/aromatic N) is 2. The van der Waals surface area contributed by atoms with E-state index < -0.39 is 0 Å². The summed E-state index contributed by atoms with van der Waals surface area (Å²) in [6.45, 7) is 1.00. The SMILES string of the molecule is c1ccc(CCCSC2=NN(c3ccccc3)CC2)cc1. The molecule has 2 nitrogen and oxygen atoms in total. The van der Waals surface area contributed by atoms with Gasteiger partial charge < -0.3 is 0 Å². The van der Waals surface area contributed by atoms with Crippen LogP contribution in [0.4, 0.5) is 5.69 Å². The van der Waals surface area contributed by atoms with Gasteiger partial charge in [-0.3, -0.25) is 5.01 Å². The van der Waals surface area contributed by atoms with Gasteiger partial charge >= 0.3 is 0 Å². The van der Waals surface area contributed by atoms with Crippen molar-refractivity contribution in [2.75, 3.05) is 17.3 Å². The molecule has 0 radical (unpaired) electrons. The highest BCUT2D eigenvalue weighted by atomic mass is 32.2. The van der Waals surface area contributed by atoms with Gasteiger partial charge in [-0.2, -0.15) is 5.10 Å². The Labute approximate surface area is 130 Å². The number of anilines is 1. The minimum absolute atomic E-state index is 1.00. The zero-order valence-electron chi connectivity index (χ0n) is 12.1. The first-order valence-corrected chi connectivity index (χ1v) is 8.47. The number of thioether (sulfide) groups is 1. The van der Waals surface area contributed by atoms with Crippen molar-refractivity contribution in [3.8, 4) is 0 Å². The lowest BCUT2D eigenvalue weighted by atomic mass is 10.1. The fourth-order valence-corrected chi connectivity index (χ4v) is 3.35. The Morgan fingerprint density at radius 1 is 0.952 bits per heavy atom. The number of rotatable bonds is 5. The van der Waals surface area contributed by atoms with Gasteiger partial charge in [-0.15, -0.1) is 11.8 Å². The van der Waals surface area contributed by atoms with Crippen molar-refractivity contribution in [2.24, 2.45) is 5.10 Å². The topological polar surface area (TPSA) is 15.6 Å². The normalized spacial score (nSPS) is 14.3. The van der Waals surface area contributed by atoms with Crippen LogP contribution < -0.4 is 5.01 Å². The second kappa shape index (κ2) is 7.32. The van der Waals surface area contributed by atoms with Gasteiger partial charge in [0.05, 0.1) is 10.7 Å². The lowest BCUT2D eigenvalue weighted by molar-refractivity contribution is 0.922. The van der Waals surface area contributed by atoms with Crippen LogP contribution in [0.25, 0.3) is 0 Å². The zero-order chi connectivity index (χ0) is 14.3. The van der Waals surface area contributed by atoms with Crippen molar-refractivity contribution >= 4 is 22.5 Å². The molecule has 0 unspecified atom stereocenters. The van der Waals surface area contributed by atoms with Crippen LogP contribution in [0.3, 0.4) is 0 Å². The van der Waals surface area contributed by atoms with Crippen LogP contribution in [-0.2, 0) is 6.42 Å². The van der Waals surface area contributed by atoms with E-state index in [-0.39, 0.29) is 0 Å². The summed E-state index contributed by atoms with van der Waals surface area (Å²) in [5.74, 6) is 1.15. The second-order valence-electron chi connectivity index (χ2n) is 5.14. The molecule has 0 spiro atoms. The maximum atomic E-state index is 4.72. The van der Waals surface area contributed by atoms with Gasteiger partial charge in [-0.05, 0) is 36.3 Å². The molecule has 0 atom stereocenters. The molecule has 1 aliphatic heterocycles. The lowest BCUT2D eigenvalue weighted by Gasteiger charge is -2.12. The highest BCUT2D eigenvalue weighted by molar-refractivity contribution is 8.13. The summed E-state index contributed by atoms with van der Waals surface area (Å²) in [6.07, 6.45) is 3.44. The number of hydrogen-bond donors (Lipinski definition) is 0. The molecule has 0 aliphatic carbocycles. The molecule has 2 aromatic rings. The molecule has 3 heteroatoms. The van der Waals surface area contributed by atoms with E-state index in [2.05, 4.69) is 59.6 Å². The molecule has 0 fully saturated rings. The van der Waals surface area contributed by atoms with Crippen molar-refractivity contribution in [1.29, 1.82) is 0 Å². The molecular formula is C18H20N2S. The second-order valence-corrected chi connectivity index (χ2v) is 6.31. The zero-order valence-corrected chi connectivity index (χ0v) is 12.9. The van der Waals surface area contributed by atoms with E-state index in [1.54, 1.807) is 0 Å². The van der Waals surface area contributed by atoms with Crippen LogP contribution in [0.15, 0.2) is 65.8 Å². The molecule has 0 aromatic heterocycles. The minimum Gasteiger partial charge on any atom is -0.264 e. The minimum atomic E-state index is 1.00. The molecule has 1 heterocycles. The third-order valence-electron chi connectivity index (χ3n) is 3.55. The van der Waals surface area contributed by atoms with Crippen LogP contribution in [0.1, 0.15) is 18.4 Å². The Kier molecular flexibility index (Phi) is 4.95. The average Bonchev–Trinajstić information content (AvgIpc) is 3.02. The molecule has 0 N–H and O–H groups in total. The van der Waals surface area contributed by atoms with Crippen molar-refractivity contribution in [1.82, 2.24) is 0 Å². The van der Waals surface area contributed by atoms with Crippen LogP contribution in [0, 0.1) is 0 Å². The summed E-state index contributed by atoms with van der Waals surface area (Å²) in [5.41, 5.74) is 2.62. The first-order valence-electron chi connectivity index (χ1n) is 7.48. The van der Waals surface area contributed by atoms with E-state index in [0.717, 1.165) is 25.1 Å². The number of para-hydroxylation sites is 1. The summed E-state index contributed by atoms with van der Waals surface area (Å²) in [5, 5.41) is 8.10. The van der Waals surface area contributed by atoms with Crippen molar-refractivity contribution < 1.29 is 0 Å². The third-order valence-corrected chi connectivity index (χ3v) is 4.66. The Hall–Kier alpha value is -1.74. The van der Waals surface area contributed by atoms with Gasteiger partial charge in [-0.25, -0.2) is 0 Å². The van der Waals surface area contributed by atoms with Crippen LogP contribution in [0.2, 0.25) is 0 Å². The highest BCUT2D eigenvalue weighted by Crippen LogP contribution is 2.23. The molecule has 3 rings (SSSR count). The van der Waals surface area contributed by atoms with E-state index in [1.165, 1.54) is 22.7 Å². The molecular weight excluding hydrogens is 276 g/mol. The lowest BCUT2D eigenvalue weighted by Crippen LogP contribution is -2.11. The van der Waals surface area contributed by atoms with E-state index in [0.29, 0.717) is 0 Å². The van der Waals surface area contributed by atoms with E-state index in [4.69, 9.17) is 5.10 Å². The molecule has 0 bridgehead atoms. The first-order chi connectivity index (χ1) is 10.4. The maximum absolute atomic E-state index is 4.72. The molecule has 2 aromatic carbocycles. The van der Waals surface area contributed by atoms with E-state index >= 15 is 0 Å². The van der Waals surface area contributed by atoms with Crippen LogP contribution >= 0.6 is 11.8 Å². The largest absolute Gasteiger partial charge is 0.264 e. The van der Waals surface area contributed by atoms with Gasteiger partial charge in [-0.1, -0.05) is 48.5 Å². The first kappa shape index (κ1) is 14.2. The van der Waals surface area contributed by atoms with Crippen molar-refractivity contribution in [3.63, 3.8) is 0 Å². The quantitative estimate of drug-likeness (QED) is 0.751. The van der Waals surface area contributed by atoms with Gasteiger partial charge in [0, 0.05) is 13.0 Å². The van der Waals surface area contributed by atoms with Crippen molar-refractivity contribution in [3.05, 3.63) is 66.2 Å². The monoisotopic (exact) mass is 296 g/mol. The average molecular weight is 296 g/mol. The summed E-state index contributed by atoms with van der Waals surface area (Å²) < 4.78 is 0. The summed E-state index contributed by atoms with van der Waals surface area (Å²) >= 11 is 1.91. The van der Waals surface area contributed by atoms with Gasteiger partial charge in [0.15, 0.2) is 0 Å². The maximum Gasteiger partial charge on any atom is 0.0956 e. The summed E-state index contributed by atoms with van der Waals surface area (Å²) in [4.78, 5) is 0. The number of hydrazone groups is 1. The van der Waals surface area contributed by atoms with Gasteiger partial charge in [0.2, 0.25) is 0 Å². The Morgan fingerprint density at radius 2 is 1.67 bits per heavy atom. The molecule has 0 amide bonds. The molecule has 108 valence electrons. The number of hydrogen-bond acceptors (Lipinski definition) is 3. The Morgan fingerprint density at radius 3 is 2.43 bits per heavy atom. The standard InChI is InChI=1S/C18H20N2S/c1-3-8-16(9-4-1)10-7-15-21-18-13-14-20(19-18)17-11-5-2-6-12-17/h1-6,8-9,11-12H,7,10,13-15H2. The summed E-state index contributed by atoms with van der Waals surface area (Å²) in [6, 6.07) is 21.1. The van der Waals surface area contributed by atoms with E-state index in [1.807, 2.05) is 17.8 Å². The van der Waals surface area contributed by atoms with Crippen molar-refractivity contribution in [2.45, 2.75) is 19.3 Å². The predicted octanol–water partition coefficient (Wildman–Crippen LogP) is 4.58. The van der Waals surface area contributed by atoms with E-state index in [9.17, 15) is 0 Å². The fraction of sp³-hybridized carbons (Fsp3) is 0.278. The number of benzene rings is 2. The van der Waals surface area contributed by atoms with Gasteiger partial charge in [0.25, 0.3) is 0 Å². The molecule has 0 saturated heterocycles. The van der Waals surface area contributed by atoms with Crippen LogP contribution in [0.5, 0.6) is 0 Å². The predicted molar refractivity (Wildman–Crippen MR) is 93.1 cm³/mol. The Bertz CT molecular complexity index is 581. The fourth-order valence-electron chi connectivity index (χ4n) is 2.44. The molecule has 21 heavy (non-hydrogen) atoms. The smallest absolute Gasteiger partial charge is 0.0956 e.